The molecule has 4 heteroatoms. The van der Waals surface area contributed by atoms with Gasteiger partial charge in [-0.15, -0.1) is 0 Å². The molecule has 1 N–H and O–H groups in total. The quantitative estimate of drug-likeness (QED) is 0.776. The molecule has 0 aliphatic rings. The first-order chi connectivity index (χ1) is 9.38. The fraction of sp³-hybridized carbons (Fsp3) is 0.200. The van der Waals surface area contributed by atoms with Gasteiger partial charge in [-0.3, -0.25) is 4.57 Å². The number of rotatable bonds is 4. The molecule has 1 aromatic carbocycles. The van der Waals surface area contributed by atoms with Crippen molar-refractivity contribution in [1.29, 1.82) is 0 Å². The lowest BCUT2D eigenvalue weighted by molar-refractivity contribution is 0.724. The normalized spacial score (nSPS) is 11.0. The second-order valence-electron chi connectivity index (χ2n) is 4.41. The third-order valence-corrected chi connectivity index (χ3v) is 3.09. The highest BCUT2D eigenvalue weighted by Gasteiger charge is 2.04. The largest absolute Gasteiger partial charge is 0.313 e. The first kappa shape index (κ1) is 11.9. The first-order valence-electron chi connectivity index (χ1n) is 6.46. The molecule has 2 aromatic heterocycles. The Morgan fingerprint density at radius 3 is 2.79 bits per heavy atom. The van der Waals surface area contributed by atoms with E-state index in [9.17, 15) is 0 Å². The smallest absolute Gasteiger partial charge is 0.138 e. The second kappa shape index (κ2) is 5.20. The van der Waals surface area contributed by atoms with Gasteiger partial charge in [0, 0.05) is 12.7 Å². The van der Waals surface area contributed by atoms with E-state index in [1.54, 1.807) is 0 Å². The molecule has 0 radical (unpaired) electrons. The van der Waals surface area contributed by atoms with Crippen LogP contribution < -0.4 is 5.32 Å². The van der Waals surface area contributed by atoms with Crippen molar-refractivity contribution in [3.8, 4) is 5.82 Å². The Balaban J connectivity index is 1.93. The molecule has 0 aliphatic carbocycles. The third-order valence-electron chi connectivity index (χ3n) is 3.09. The van der Waals surface area contributed by atoms with Gasteiger partial charge < -0.3 is 5.32 Å². The van der Waals surface area contributed by atoms with Crippen molar-refractivity contribution in [3.63, 3.8) is 0 Å². The second-order valence-corrected chi connectivity index (χ2v) is 4.41. The summed E-state index contributed by atoms with van der Waals surface area (Å²) < 4.78 is 2.01. The SMILES string of the molecule is CCNCc1ccc(-n2cnc3ccccc32)nc1. The van der Waals surface area contributed by atoms with Gasteiger partial charge in [-0.05, 0) is 30.3 Å². The third kappa shape index (κ3) is 2.35. The molecule has 0 saturated carbocycles. The van der Waals surface area contributed by atoms with Gasteiger partial charge in [0.15, 0.2) is 0 Å². The maximum atomic E-state index is 4.51. The van der Waals surface area contributed by atoms with Crippen molar-refractivity contribution in [3.05, 3.63) is 54.5 Å². The van der Waals surface area contributed by atoms with Gasteiger partial charge in [0.25, 0.3) is 0 Å². The summed E-state index contributed by atoms with van der Waals surface area (Å²) in [5, 5.41) is 3.29. The van der Waals surface area contributed by atoms with E-state index in [-0.39, 0.29) is 0 Å². The topological polar surface area (TPSA) is 42.7 Å². The summed E-state index contributed by atoms with van der Waals surface area (Å²) in [6.07, 6.45) is 3.73. The molecule has 2 heterocycles. The zero-order chi connectivity index (χ0) is 13.1. The highest BCUT2D eigenvalue weighted by Crippen LogP contribution is 2.16. The number of para-hydroxylation sites is 2. The van der Waals surface area contributed by atoms with Gasteiger partial charge in [0.1, 0.15) is 12.1 Å². The van der Waals surface area contributed by atoms with E-state index in [0.717, 1.165) is 29.9 Å². The molecule has 0 aliphatic heterocycles. The fourth-order valence-corrected chi connectivity index (χ4v) is 2.07. The number of pyridine rings is 1. The predicted octanol–water partition coefficient (Wildman–Crippen LogP) is 2.53. The average Bonchev–Trinajstić information content (AvgIpc) is 2.90. The van der Waals surface area contributed by atoms with Gasteiger partial charge in [-0.25, -0.2) is 9.97 Å². The fourth-order valence-electron chi connectivity index (χ4n) is 2.07. The molecule has 19 heavy (non-hydrogen) atoms. The van der Waals surface area contributed by atoms with Crippen LogP contribution in [0.2, 0.25) is 0 Å². The first-order valence-corrected chi connectivity index (χ1v) is 6.46. The highest BCUT2D eigenvalue weighted by atomic mass is 15.1. The van der Waals surface area contributed by atoms with Crippen LogP contribution in [-0.4, -0.2) is 21.1 Å². The maximum Gasteiger partial charge on any atom is 0.138 e. The number of aromatic nitrogens is 3. The van der Waals surface area contributed by atoms with Crippen LogP contribution in [0.1, 0.15) is 12.5 Å². The number of nitrogens with zero attached hydrogens (tertiary/aromatic N) is 3. The molecule has 0 saturated heterocycles. The summed E-state index contributed by atoms with van der Waals surface area (Å²) in [5.41, 5.74) is 3.26. The molecule has 0 bridgehead atoms. The van der Waals surface area contributed by atoms with E-state index in [4.69, 9.17) is 0 Å². The number of nitrogens with one attached hydrogen (secondary N) is 1. The van der Waals surface area contributed by atoms with Crippen molar-refractivity contribution < 1.29 is 0 Å². The number of fused-ring (bicyclic) bond motifs is 1. The van der Waals surface area contributed by atoms with Crippen molar-refractivity contribution in [2.24, 2.45) is 0 Å². The van der Waals surface area contributed by atoms with E-state index in [1.807, 2.05) is 41.4 Å². The van der Waals surface area contributed by atoms with Crippen molar-refractivity contribution in [2.75, 3.05) is 6.54 Å². The maximum absolute atomic E-state index is 4.51. The Morgan fingerprint density at radius 1 is 1.11 bits per heavy atom. The van der Waals surface area contributed by atoms with Crippen LogP contribution in [0.5, 0.6) is 0 Å². The van der Waals surface area contributed by atoms with Crippen molar-refractivity contribution in [2.45, 2.75) is 13.5 Å². The van der Waals surface area contributed by atoms with Gasteiger partial charge in [-0.2, -0.15) is 0 Å². The van der Waals surface area contributed by atoms with E-state index in [2.05, 4.69) is 34.3 Å². The van der Waals surface area contributed by atoms with Crippen LogP contribution in [-0.2, 0) is 6.54 Å². The molecular formula is C15H16N4. The minimum absolute atomic E-state index is 0.856. The van der Waals surface area contributed by atoms with Gasteiger partial charge in [0.2, 0.25) is 0 Å². The zero-order valence-corrected chi connectivity index (χ0v) is 10.9. The summed E-state index contributed by atoms with van der Waals surface area (Å²) >= 11 is 0. The molecule has 3 rings (SSSR count). The number of hydrogen-bond donors (Lipinski definition) is 1. The van der Waals surface area contributed by atoms with Gasteiger partial charge in [-0.1, -0.05) is 25.1 Å². The number of benzene rings is 1. The molecule has 96 valence electrons. The number of hydrogen-bond acceptors (Lipinski definition) is 3. The molecule has 3 aromatic rings. The monoisotopic (exact) mass is 252 g/mol. The van der Waals surface area contributed by atoms with Crippen LogP contribution in [0.25, 0.3) is 16.9 Å². The van der Waals surface area contributed by atoms with Gasteiger partial charge in [0.05, 0.1) is 11.0 Å². The summed E-state index contributed by atoms with van der Waals surface area (Å²) in [4.78, 5) is 8.88. The Bertz CT molecular complexity index is 670. The summed E-state index contributed by atoms with van der Waals surface area (Å²) in [5.74, 6) is 0.897. The minimum Gasteiger partial charge on any atom is -0.313 e. The van der Waals surface area contributed by atoms with Crippen LogP contribution in [0.15, 0.2) is 48.9 Å². The van der Waals surface area contributed by atoms with E-state index in [0.29, 0.717) is 0 Å². The molecule has 0 fully saturated rings. The van der Waals surface area contributed by atoms with Gasteiger partial charge >= 0.3 is 0 Å². The van der Waals surface area contributed by atoms with Crippen molar-refractivity contribution >= 4 is 11.0 Å². The zero-order valence-electron chi connectivity index (χ0n) is 10.9. The van der Waals surface area contributed by atoms with E-state index < -0.39 is 0 Å². The Labute approximate surface area is 112 Å². The highest BCUT2D eigenvalue weighted by molar-refractivity contribution is 5.76. The number of imidazole rings is 1. The van der Waals surface area contributed by atoms with Crippen LogP contribution in [0.3, 0.4) is 0 Å². The molecule has 0 unspecified atom stereocenters. The van der Waals surface area contributed by atoms with Crippen molar-refractivity contribution in [1.82, 2.24) is 19.9 Å². The van der Waals surface area contributed by atoms with E-state index in [1.165, 1.54) is 5.56 Å². The predicted molar refractivity (Wildman–Crippen MR) is 76.2 cm³/mol. The Kier molecular flexibility index (Phi) is 3.25. The minimum atomic E-state index is 0.856. The summed E-state index contributed by atoms with van der Waals surface area (Å²) in [6.45, 7) is 3.92. The lowest BCUT2D eigenvalue weighted by Crippen LogP contribution is -2.12. The average molecular weight is 252 g/mol. The van der Waals surface area contributed by atoms with Crippen LogP contribution >= 0.6 is 0 Å². The summed E-state index contributed by atoms with van der Waals surface area (Å²) in [7, 11) is 0. The van der Waals surface area contributed by atoms with Crippen LogP contribution in [0.4, 0.5) is 0 Å². The standard InChI is InChI=1S/C15H16N4/c1-2-16-9-12-7-8-15(17-10-12)19-11-18-13-5-3-4-6-14(13)19/h3-8,10-11,16H,2,9H2,1H3. The van der Waals surface area contributed by atoms with E-state index >= 15 is 0 Å². The molecule has 0 amide bonds. The molecule has 0 atom stereocenters. The molecule has 0 spiro atoms. The lowest BCUT2D eigenvalue weighted by atomic mass is 10.2. The Hall–Kier alpha value is -2.20. The lowest BCUT2D eigenvalue weighted by Gasteiger charge is -2.05. The van der Waals surface area contributed by atoms with Crippen LogP contribution in [0, 0.1) is 0 Å². The molecule has 4 nitrogen and oxygen atoms in total. The molecular weight excluding hydrogens is 236 g/mol. The Morgan fingerprint density at radius 2 is 2.00 bits per heavy atom. The summed E-state index contributed by atoms with van der Waals surface area (Å²) in [6, 6.07) is 12.2.